The second-order valence-corrected chi connectivity index (χ2v) is 9.07. The van der Waals surface area contributed by atoms with Crippen molar-refractivity contribution >= 4 is 28.2 Å². The molecule has 2 amide bonds. The average Bonchev–Trinajstić information content (AvgIpc) is 3.45. The molecule has 31 heavy (non-hydrogen) atoms. The van der Waals surface area contributed by atoms with Gasteiger partial charge >= 0.3 is 5.00 Å². The highest BCUT2D eigenvalue weighted by molar-refractivity contribution is 7.14. The third-order valence-corrected chi connectivity index (χ3v) is 7.32. The van der Waals surface area contributed by atoms with Gasteiger partial charge in [0.1, 0.15) is 11.3 Å². The summed E-state index contributed by atoms with van der Waals surface area (Å²) in [5.41, 5.74) is 1.33. The van der Waals surface area contributed by atoms with E-state index in [0.717, 1.165) is 30.6 Å². The number of piperidine rings is 1. The van der Waals surface area contributed by atoms with Gasteiger partial charge in [0.2, 0.25) is 5.75 Å². The maximum absolute atomic E-state index is 13.0. The van der Waals surface area contributed by atoms with E-state index in [2.05, 4.69) is 5.16 Å². The zero-order chi connectivity index (χ0) is 22.3. The van der Waals surface area contributed by atoms with E-state index >= 15 is 0 Å². The second kappa shape index (κ2) is 7.95. The Bertz CT molecular complexity index is 1020. The summed E-state index contributed by atoms with van der Waals surface area (Å²) in [6.07, 6.45) is 2.44. The van der Waals surface area contributed by atoms with Crippen molar-refractivity contribution in [3.05, 3.63) is 38.1 Å². The molecule has 0 unspecified atom stereocenters. The van der Waals surface area contributed by atoms with Crippen LogP contribution in [-0.2, 0) is 0 Å². The molecule has 2 aliphatic heterocycles. The molecule has 0 radical (unpaired) electrons. The van der Waals surface area contributed by atoms with Crippen molar-refractivity contribution in [3.8, 4) is 5.75 Å². The number of hydrogen-bond donors (Lipinski definition) is 0. The lowest BCUT2D eigenvalue weighted by Gasteiger charge is -2.39. The van der Waals surface area contributed by atoms with E-state index in [1.54, 1.807) is 18.7 Å². The fraction of sp³-hybridized carbons (Fsp3) is 0.550. The standard InChI is InChI=1S/C20H24N4O6S/c1-12-15(13(2)30-21-12)18(26)22-7-4-20(5-8-22)6-9-23(11-20)17(25)14-10-31-19(24(27)28)16(14)29-3/h10H,4-9,11H2,1-3H3. The van der Waals surface area contributed by atoms with Gasteiger partial charge < -0.3 is 19.1 Å². The summed E-state index contributed by atoms with van der Waals surface area (Å²) in [7, 11) is 1.34. The lowest BCUT2D eigenvalue weighted by Crippen LogP contribution is -2.45. The number of rotatable bonds is 4. The molecule has 4 rings (SSSR count). The van der Waals surface area contributed by atoms with Crippen molar-refractivity contribution in [1.29, 1.82) is 0 Å². The molecule has 0 N–H and O–H groups in total. The van der Waals surface area contributed by atoms with Crippen LogP contribution in [0.15, 0.2) is 9.90 Å². The van der Waals surface area contributed by atoms with E-state index in [-0.39, 0.29) is 33.5 Å². The van der Waals surface area contributed by atoms with Gasteiger partial charge in [-0.2, -0.15) is 0 Å². The van der Waals surface area contributed by atoms with E-state index in [1.165, 1.54) is 12.5 Å². The fourth-order valence-corrected chi connectivity index (χ4v) is 5.45. The van der Waals surface area contributed by atoms with Crippen LogP contribution in [-0.4, -0.2) is 65.0 Å². The summed E-state index contributed by atoms with van der Waals surface area (Å²) in [6.45, 7) is 5.88. The zero-order valence-corrected chi connectivity index (χ0v) is 18.5. The largest absolute Gasteiger partial charge is 0.489 e. The maximum atomic E-state index is 13.0. The molecule has 0 bridgehead atoms. The number of aromatic nitrogens is 1. The molecule has 0 aliphatic carbocycles. The first-order valence-corrected chi connectivity index (χ1v) is 11.0. The van der Waals surface area contributed by atoms with Gasteiger partial charge in [-0.25, -0.2) is 0 Å². The molecule has 0 aromatic carbocycles. The molecule has 166 valence electrons. The van der Waals surface area contributed by atoms with Crippen LogP contribution in [0.1, 0.15) is 51.4 Å². The Labute approximate surface area is 182 Å². The number of thiophene rings is 1. The lowest BCUT2D eigenvalue weighted by molar-refractivity contribution is -0.381. The number of hydrogen-bond acceptors (Lipinski definition) is 8. The summed E-state index contributed by atoms with van der Waals surface area (Å²) in [5, 5.41) is 16.4. The predicted molar refractivity (Wildman–Crippen MR) is 112 cm³/mol. The minimum Gasteiger partial charge on any atom is -0.489 e. The summed E-state index contributed by atoms with van der Waals surface area (Å²) in [4.78, 5) is 40.1. The van der Waals surface area contributed by atoms with E-state index < -0.39 is 4.92 Å². The molecule has 2 aliphatic rings. The number of amides is 2. The van der Waals surface area contributed by atoms with Crippen LogP contribution >= 0.6 is 11.3 Å². The van der Waals surface area contributed by atoms with E-state index in [4.69, 9.17) is 9.26 Å². The smallest absolute Gasteiger partial charge is 0.366 e. The van der Waals surface area contributed by atoms with Crippen LogP contribution in [0.4, 0.5) is 5.00 Å². The number of methoxy groups -OCH3 is 1. The van der Waals surface area contributed by atoms with Crippen LogP contribution in [0.25, 0.3) is 0 Å². The summed E-state index contributed by atoms with van der Waals surface area (Å²) >= 11 is 0.899. The maximum Gasteiger partial charge on any atom is 0.366 e. The monoisotopic (exact) mass is 448 g/mol. The molecule has 0 atom stereocenters. The first kappa shape index (κ1) is 21.3. The average molecular weight is 449 g/mol. The lowest BCUT2D eigenvalue weighted by atomic mass is 9.77. The number of likely N-dealkylation sites (tertiary alicyclic amines) is 2. The molecule has 1 spiro atoms. The van der Waals surface area contributed by atoms with Crippen LogP contribution in [0.3, 0.4) is 0 Å². The highest BCUT2D eigenvalue weighted by Gasteiger charge is 2.44. The third-order valence-electron chi connectivity index (χ3n) is 6.41. The van der Waals surface area contributed by atoms with Crippen molar-refractivity contribution < 1.29 is 23.8 Å². The molecule has 2 fully saturated rings. The van der Waals surface area contributed by atoms with Crippen molar-refractivity contribution in [3.63, 3.8) is 0 Å². The van der Waals surface area contributed by atoms with Gasteiger partial charge in [0.05, 0.1) is 23.3 Å². The van der Waals surface area contributed by atoms with Crippen LogP contribution in [0.2, 0.25) is 0 Å². The van der Waals surface area contributed by atoms with Crippen LogP contribution in [0, 0.1) is 29.4 Å². The van der Waals surface area contributed by atoms with E-state index in [1.807, 2.05) is 4.90 Å². The Morgan fingerprint density at radius 3 is 2.39 bits per heavy atom. The number of nitro groups is 1. The van der Waals surface area contributed by atoms with Gasteiger partial charge in [-0.05, 0) is 38.5 Å². The minimum atomic E-state index is -0.530. The van der Waals surface area contributed by atoms with Gasteiger partial charge in [0.25, 0.3) is 11.8 Å². The van der Waals surface area contributed by atoms with Gasteiger partial charge in [0, 0.05) is 31.6 Å². The minimum absolute atomic E-state index is 0.0285. The van der Waals surface area contributed by atoms with Gasteiger partial charge in [-0.1, -0.05) is 16.5 Å². The van der Waals surface area contributed by atoms with Gasteiger partial charge in [-0.3, -0.25) is 19.7 Å². The fourth-order valence-electron chi connectivity index (χ4n) is 4.63. The Morgan fingerprint density at radius 2 is 1.84 bits per heavy atom. The highest BCUT2D eigenvalue weighted by Crippen LogP contribution is 2.43. The molecule has 11 heteroatoms. The molecule has 2 aromatic rings. The van der Waals surface area contributed by atoms with Gasteiger partial charge in [0.15, 0.2) is 0 Å². The Hall–Kier alpha value is -2.95. The quantitative estimate of drug-likeness (QED) is 0.521. The second-order valence-electron chi connectivity index (χ2n) is 8.21. The van der Waals surface area contributed by atoms with Crippen molar-refractivity contribution in [2.24, 2.45) is 5.41 Å². The number of ether oxygens (including phenoxy) is 1. The van der Waals surface area contributed by atoms with Crippen molar-refractivity contribution in [2.45, 2.75) is 33.1 Å². The molecule has 0 saturated carbocycles. The first-order chi connectivity index (χ1) is 14.8. The Morgan fingerprint density at radius 1 is 1.19 bits per heavy atom. The Kier molecular flexibility index (Phi) is 5.46. The topological polar surface area (TPSA) is 119 Å². The molecule has 10 nitrogen and oxygen atoms in total. The van der Waals surface area contributed by atoms with Crippen LogP contribution < -0.4 is 4.74 Å². The molecule has 2 aromatic heterocycles. The molecule has 4 heterocycles. The summed E-state index contributed by atoms with van der Waals surface area (Å²) in [5.74, 6) is 0.250. The molecular formula is C20H24N4O6S. The summed E-state index contributed by atoms with van der Waals surface area (Å²) in [6, 6.07) is 0. The number of nitrogens with zero attached hydrogens (tertiary/aromatic N) is 4. The molecule has 2 saturated heterocycles. The normalized spacial score (nSPS) is 17.9. The number of aryl methyl sites for hydroxylation is 2. The van der Waals surface area contributed by atoms with E-state index in [0.29, 0.717) is 43.2 Å². The predicted octanol–water partition coefficient (Wildman–Crippen LogP) is 3.04. The Balaban J connectivity index is 1.42. The van der Waals surface area contributed by atoms with Crippen LogP contribution in [0.5, 0.6) is 5.75 Å². The number of carbonyl (C=O) groups excluding carboxylic acids is 2. The first-order valence-electron chi connectivity index (χ1n) is 10.1. The zero-order valence-electron chi connectivity index (χ0n) is 17.7. The van der Waals surface area contributed by atoms with E-state index in [9.17, 15) is 19.7 Å². The van der Waals surface area contributed by atoms with Crippen molar-refractivity contribution in [2.75, 3.05) is 33.3 Å². The number of carbonyl (C=O) groups is 2. The molecular weight excluding hydrogens is 424 g/mol. The SMILES string of the molecule is COc1c(C(=O)N2CCC3(CCN(C(=O)c4c(C)noc4C)CC3)C2)csc1[N+](=O)[O-]. The summed E-state index contributed by atoms with van der Waals surface area (Å²) < 4.78 is 10.3. The van der Waals surface area contributed by atoms with Crippen molar-refractivity contribution in [1.82, 2.24) is 15.0 Å². The third kappa shape index (κ3) is 3.67. The van der Waals surface area contributed by atoms with Gasteiger partial charge in [-0.15, -0.1) is 0 Å². The highest BCUT2D eigenvalue weighted by atomic mass is 32.1.